The molecule has 4 nitrogen and oxygen atoms in total. The molecule has 3 N–H and O–H groups in total. The fourth-order valence-corrected chi connectivity index (χ4v) is 1.91. The molecule has 0 bridgehead atoms. The largest absolute Gasteiger partial charge is 0.355 e. The van der Waals surface area contributed by atoms with Crippen molar-refractivity contribution < 1.29 is 4.79 Å². The molecule has 0 aromatic carbocycles. The van der Waals surface area contributed by atoms with E-state index in [0.29, 0.717) is 19.1 Å². The zero-order valence-electron chi connectivity index (χ0n) is 9.12. The van der Waals surface area contributed by atoms with Crippen LogP contribution in [0.2, 0.25) is 0 Å². The lowest BCUT2D eigenvalue weighted by atomic mass is 9.98. The third kappa shape index (κ3) is 2.96. The van der Waals surface area contributed by atoms with E-state index in [0.717, 1.165) is 19.4 Å². The van der Waals surface area contributed by atoms with Gasteiger partial charge in [-0.3, -0.25) is 9.69 Å². The second-order valence-electron chi connectivity index (χ2n) is 3.97. The number of amides is 1. The van der Waals surface area contributed by atoms with Crippen LogP contribution in [-0.2, 0) is 4.79 Å². The van der Waals surface area contributed by atoms with Gasteiger partial charge in [0.1, 0.15) is 0 Å². The first-order valence-corrected chi connectivity index (χ1v) is 5.41. The Labute approximate surface area is 85.8 Å². The van der Waals surface area contributed by atoms with Crippen molar-refractivity contribution in [3.05, 3.63) is 0 Å². The molecular formula is C10H21N3O. The first-order valence-electron chi connectivity index (χ1n) is 5.41. The van der Waals surface area contributed by atoms with Crippen LogP contribution in [0.25, 0.3) is 0 Å². The lowest BCUT2D eigenvalue weighted by Crippen LogP contribution is -2.53. The molecule has 1 aliphatic rings. The van der Waals surface area contributed by atoms with Gasteiger partial charge in [-0.25, -0.2) is 0 Å². The van der Waals surface area contributed by atoms with Gasteiger partial charge in [-0.15, -0.1) is 0 Å². The van der Waals surface area contributed by atoms with Crippen molar-refractivity contribution in [2.24, 2.45) is 5.73 Å². The van der Waals surface area contributed by atoms with E-state index in [-0.39, 0.29) is 11.9 Å². The van der Waals surface area contributed by atoms with Gasteiger partial charge in [0.2, 0.25) is 5.91 Å². The van der Waals surface area contributed by atoms with Gasteiger partial charge in [0.05, 0.1) is 6.54 Å². The summed E-state index contributed by atoms with van der Waals surface area (Å²) in [7, 11) is 0. The highest BCUT2D eigenvalue weighted by Crippen LogP contribution is 2.14. The Morgan fingerprint density at radius 3 is 3.00 bits per heavy atom. The van der Waals surface area contributed by atoms with E-state index in [9.17, 15) is 4.79 Å². The van der Waals surface area contributed by atoms with Crippen LogP contribution in [-0.4, -0.2) is 42.5 Å². The average molecular weight is 199 g/mol. The summed E-state index contributed by atoms with van der Waals surface area (Å²) in [4.78, 5) is 13.5. The van der Waals surface area contributed by atoms with Gasteiger partial charge < -0.3 is 11.1 Å². The highest BCUT2D eigenvalue weighted by atomic mass is 16.2. The highest BCUT2D eigenvalue weighted by molar-refractivity contribution is 5.77. The van der Waals surface area contributed by atoms with Crippen LogP contribution < -0.4 is 11.1 Å². The molecule has 1 amide bonds. The lowest BCUT2D eigenvalue weighted by molar-refractivity contribution is -0.123. The van der Waals surface area contributed by atoms with Gasteiger partial charge in [0.25, 0.3) is 0 Å². The molecule has 1 saturated heterocycles. The summed E-state index contributed by atoms with van der Waals surface area (Å²) in [6.07, 6.45) is 2.18. The number of piperidine rings is 1. The number of carbonyl (C=O) groups excluding carboxylic acids is 1. The topological polar surface area (TPSA) is 58.4 Å². The molecule has 2 atom stereocenters. The van der Waals surface area contributed by atoms with Crippen molar-refractivity contribution >= 4 is 5.91 Å². The summed E-state index contributed by atoms with van der Waals surface area (Å²) in [6.45, 7) is 6.22. The van der Waals surface area contributed by atoms with Crippen LogP contribution >= 0.6 is 0 Å². The second kappa shape index (κ2) is 5.32. The normalized spacial score (nSPS) is 28.8. The average Bonchev–Trinajstić information content (AvgIpc) is 2.13. The summed E-state index contributed by atoms with van der Waals surface area (Å²) in [5, 5.41) is 2.81. The smallest absolute Gasteiger partial charge is 0.234 e. The molecule has 0 radical (unpaired) electrons. The van der Waals surface area contributed by atoms with E-state index < -0.39 is 0 Å². The molecule has 0 unspecified atom stereocenters. The Kier molecular flexibility index (Phi) is 4.35. The number of carbonyl (C=O) groups is 1. The van der Waals surface area contributed by atoms with Crippen molar-refractivity contribution in [2.45, 2.75) is 38.8 Å². The second-order valence-corrected chi connectivity index (χ2v) is 3.97. The minimum Gasteiger partial charge on any atom is -0.355 e. The van der Waals surface area contributed by atoms with Gasteiger partial charge in [0, 0.05) is 18.6 Å². The van der Waals surface area contributed by atoms with E-state index in [2.05, 4.69) is 17.1 Å². The van der Waals surface area contributed by atoms with Crippen LogP contribution in [0.3, 0.4) is 0 Å². The number of likely N-dealkylation sites (N-methyl/N-ethyl adjacent to an activating group) is 1. The minimum atomic E-state index is 0.105. The molecule has 0 spiro atoms. The van der Waals surface area contributed by atoms with Gasteiger partial charge in [-0.2, -0.15) is 0 Å². The molecular weight excluding hydrogens is 178 g/mol. The van der Waals surface area contributed by atoms with E-state index in [1.54, 1.807) is 0 Å². The standard InChI is InChI=1S/C10H21N3O/c1-3-12-10(14)7-13-6-4-5-9(11)8(13)2/h8-9H,3-7,11H2,1-2H3,(H,12,14)/t8-,9-/m1/s1. The molecule has 1 fully saturated rings. The summed E-state index contributed by atoms with van der Waals surface area (Å²) >= 11 is 0. The number of hydrogen-bond donors (Lipinski definition) is 2. The molecule has 0 aliphatic carbocycles. The quantitative estimate of drug-likeness (QED) is 0.669. The zero-order valence-corrected chi connectivity index (χ0v) is 9.12. The third-order valence-corrected chi connectivity index (χ3v) is 2.90. The number of hydrogen-bond acceptors (Lipinski definition) is 3. The van der Waals surface area contributed by atoms with Crippen molar-refractivity contribution in [1.29, 1.82) is 0 Å². The summed E-state index contributed by atoms with van der Waals surface area (Å²) in [6, 6.07) is 0.546. The first kappa shape index (κ1) is 11.5. The molecule has 0 saturated carbocycles. The zero-order chi connectivity index (χ0) is 10.6. The van der Waals surface area contributed by atoms with Crippen LogP contribution in [0.4, 0.5) is 0 Å². The maximum atomic E-state index is 11.4. The van der Waals surface area contributed by atoms with Gasteiger partial charge >= 0.3 is 0 Å². The van der Waals surface area contributed by atoms with Gasteiger partial charge in [-0.1, -0.05) is 0 Å². The van der Waals surface area contributed by atoms with Crippen molar-refractivity contribution in [3.8, 4) is 0 Å². The van der Waals surface area contributed by atoms with E-state index in [1.807, 2.05) is 6.92 Å². The first-order chi connectivity index (χ1) is 6.65. The maximum Gasteiger partial charge on any atom is 0.234 e. The molecule has 82 valence electrons. The van der Waals surface area contributed by atoms with Crippen LogP contribution in [0.5, 0.6) is 0 Å². The lowest BCUT2D eigenvalue weighted by Gasteiger charge is -2.37. The molecule has 1 rings (SSSR count). The molecule has 1 aliphatic heterocycles. The van der Waals surface area contributed by atoms with Gasteiger partial charge in [0.15, 0.2) is 0 Å². The third-order valence-electron chi connectivity index (χ3n) is 2.90. The molecule has 1 heterocycles. The summed E-state index contributed by atoms with van der Waals surface area (Å²) in [5.41, 5.74) is 5.94. The van der Waals surface area contributed by atoms with Gasteiger partial charge in [-0.05, 0) is 33.2 Å². The number of nitrogens with two attached hydrogens (primary N) is 1. The predicted octanol–water partition coefficient (Wildman–Crippen LogP) is -0.0659. The Bertz CT molecular complexity index is 196. The van der Waals surface area contributed by atoms with Crippen LogP contribution in [0.1, 0.15) is 26.7 Å². The highest BCUT2D eigenvalue weighted by Gasteiger charge is 2.26. The number of rotatable bonds is 3. The Hall–Kier alpha value is -0.610. The molecule has 14 heavy (non-hydrogen) atoms. The Balaban J connectivity index is 2.39. The fourth-order valence-electron chi connectivity index (χ4n) is 1.91. The molecule has 0 aromatic rings. The van der Waals surface area contributed by atoms with Crippen LogP contribution in [0, 0.1) is 0 Å². The molecule has 0 aromatic heterocycles. The monoisotopic (exact) mass is 199 g/mol. The fraction of sp³-hybridized carbons (Fsp3) is 0.900. The molecule has 4 heteroatoms. The van der Waals surface area contributed by atoms with E-state index in [1.165, 1.54) is 0 Å². The van der Waals surface area contributed by atoms with E-state index >= 15 is 0 Å². The van der Waals surface area contributed by atoms with Crippen molar-refractivity contribution in [1.82, 2.24) is 10.2 Å². The Morgan fingerprint density at radius 2 is 2.36 bits per heavy atom. The minimum absolute atomic E-state index is 0.105. The SMILES string of the molecule is CCNC(=O)CN1CCC[C@@H](N)[C@H]1C. The van der Waals surface area contributed by atoms with Crippen molar-refractivity contribution in [3.63, 3.8) is 0 Å². The number of likely N-dealkylation sites (tertiary alicyclic amines) is 1. The maximum absolute atomic E-state index is 11.4. The van der Waals surface area contributed by atoms with E-state index in [4.69, 9.17) is 5.73 Å². The number of nitrogens with zero attached hydrogens (tertiary/aromatic N) is 1. The number of nitrogens with one attached hydrogen (secondary N) is 1. The predicted molar refractivity (Wildman–Crippen MR) is 56.9 cm³/mol. The Morgan fingerprint density at radius 1 is 1.64 bits per heavy atom. The van der Waals surface area contributed by atoms with Crippen LogP contribution in [0.15, 0.2) is 0 Å². The van der Waals surface area contributed by atoms with Crippen molar-refractivity contribution in [2.75, 3.05) is 19.6 Å². The summed E-state index contributed by atoms with van der Waals surface area (Å²) in [5.74, 6) is 0.105. The summed E-state index contributed by atoms with van der Waals surface area (Å²) < 4.78 is 0.